The van der Waals surface area contributed by atoms with Crippen molar-refractivity contribution in [2.24, 2.45) is 0 Å². The summed E-state index contributed by atoms with van der Waals surface area (Å²) < 4.78 is 0. The van der Waals surface area contributed by atoms with Gasteiger partial charge in [-0.15, -0.1) is 0 Å². The molecule has 0 aliphatic rings. The van der Waals surface area contributed by atoms with Crippen LogP contribution in [0.3, 0.4) is 0 Å². The van der Waals surface area contributed by atoms with Crippen molar-refractivity contribution in [3.63, 3.8) is 0 Å². The zero-order valence-corrected chi connectivity index (χ0v) is 6.31. The number of hydrogen-bond acceptors (Lipinski definition) is 1. The zero-order valence-electron chi connectivity index (χ0n) is 6.31. The molecule has 2 nitrogen and oxygen atoms in total. The number of phenols is 1. The first-order valence-electron chi connectivity index (χ1n) is 3.23. The van der Waals surface area contributed by atoms with Crippen LogP contribution < -0.4 is 5.73 Å². The molecule has 1 aromatic rings. The van der Waals surface area contributed by atoms with Crippen LogP contribution in [0.4, 0.5) is 5.69 Å². The van der Waals surface area contributed by atoms with E-state index in [4.69, 9.17) is 0 Å². The minimum Gasteiger partial charge on any atom is -0.507 e. The summed E-state index contributed by atoms with van der Waals surface area (Å²) in [7, 11) is 0. The molecule has 54 valence electrons. The van der Waals surface area contributed by atoms with Crippen LogP contribution >= 0.6 is 0 Å². The molecular formula is C8H12NO+. The summed E-state index contributed by atoms with van der Waals surface area (Å²) in [4.78, 5) is 0. The third kappa shape index (κ3) is 1.11. The predicted molar refractivity (Wildman–Crippen MR) is 40.1 cm³/mol. The maximum atomic E-state index is 9.30. The second kappa shape index (κ2) is 2.31. The van der Waals surface area contributed by atoms with Crippen molar-refractivity contribution >= 4 is 5.69 Å². The van der Waals surface area contributed by atoms with E-state index in [-0.39, 0.29) is 0 Å². The molecule has 1 aromatic carbocycles. The van der Waals surface area contributed by atoms with Crippen molar-refractivity contribution < 1.29 is 10.8 Å². The van der Waals surface area contributed by atoms with Crippen LogP contribution in [-0.4, -0.2) is 5.11 Å². The average Bonchev–Trinajstić information content (AvgIpc) is 1.82. The fourth-order valence-corrected chi connectivity index (χ4v) is 1.05. The summed E-state index contributed by atoms with van der Waals surface area (Å²) >= 11 is 0. The van der Waals surface area contributed by atoms with Crippen LogP contribution in [0.2, 0.25) is 0 Å². The number of aromatic hydroxyl groups is 1. The van der Waals surface area contributed by atoms with E-state index in [1.165, 1.54) is 0 Å². The van der Waals surface area contributed by atoms with Crippen LogP contribution in [0.5, 0.6) is 5.75 Å². The summed E-state index contributed by atoms with van der Waals surface area (Å²) in [5.74, 6) is 0.382. The monoisotopic (exact) mass is 138 g/mol. The van der Waals surface area contributed by atoms with E-state index in [1.807, 2.05) is 26.0 Å². The Hall–Kier alpha value is -1.02. The summed E-state index contributed by atoms with van der Waals surface area (Å²) in [5, 5.41) is 9.30. The van der Waals surface area contributed by atoms with Crippen LogP contribution in [-0.2, 0) is 0 Å². The van der Waals surface area contributed by atoms with Gasteiger partial charge in [0.15, 0.2) is 0 Å². The standard InChI is InChI=1S/C8H11NO/c1-5-3-7(9)4-6(2)8(5)10/h3-4,10H,9H2,1-2H3/p+1. The van der Waals surface area contributed by atoms with Gasteiger partial charge in [0.05, 0.1) is 0 Å². The first kappa shape index (κ1) is 7.09. The normalized spacial score (nSPS) is 9.90. The highest BCUT2D eigenvalue weighted by atomic mass is 16.3. The molecule has 0 amide bonds. The third-order valence-electron chi connectivity index (χ3n) is 1.55. The van der Waals surface area contributed by atoms with Crippen molar-refractivity contribution in [1.82, 2.24) is 0 Å². The summed E-state index contributed by atoms with van der Waals surface area (Å²) in [5.41, 5.74) is 6.51. The van der Waals surface area contributed by atoms with Gasteiger partial charge >= 0.3 is 0 Å². The van der Waals surface area contributed by atoms with Gasteiger partial charge in [0.2, 0.25) is 0 Å². The number of hydrogen-bond donors (Lipinski definition) is 2. The van der Waals surface area contributed by atoms with Gasteiger partial charge in [-0.05, 0) is 25.0 Å². The van der Waals surface area contributed by atoms with E-state index in [1.54, 1.807) is 0 Å². The molecule has 0 aliphatic heterocycles. The predicted octanol–water partition coefficient (Wildman–Crippen LogP) is 0.882. The molecule has 1 rings (SSSR count). The molecule has 0 atom stereocenters. The second-order valence-corrected chi connectivity index (χ2v) is 2.58. The lowest BCUT2D eigenvalue weighted by Crippen LogP contribution is -2.40. The lowest BCUT2D eigenvalue weighted by atomic mass is 10.1. The third-order valence-corrected chi connectivity index (χ3v) is 1.55. The van der Waals surface area contributed by atoms with E-state index < -0.39 is 0 Å². The maximum absolute atomic E-state index is 9.30. The van der Waals surface area contributed by atoms with Gasteiger partial charge < -0.3 is 10.8 Å². The summed E-state index contributed by atoms with van der Waals surface area (Å²) in [6, 6.07) is 3.73. The van der Waals surface area contributed by atoms with Gasteiger partial charge in [-0.25, -0.2) is 0 Å². The minimum absolute atomic E-state index is 0.382. The maximum Gasteiger partial charge on any atom is 0.128 e. The number of phenolic OH excluding ortho intramolecular Hbond substituents is 1. The Morgan fingerprint density at radius 2 is 1.60 bits per heavy atom. The van der Waals surface area contributed by atoms with Crippen molar-refractivity contribution in [3.05, 3.63) is 23.3 Å². The van der Waals surface area contributed by atoms with Crippen molar-refractivity contribution in [2.45, 2.75) is 13.8 Å². The number of aryl methyl sites for hydroxylation is 2. The van der Waals surface area contributed by atoms with E-state index in [9.17, 15) is 5.11 Å². The second-order valence-electron chi connectivity index (χ2n) is 2.58. The highest BCUT2D eigenvalue weighted by Gasteiger charge is 2.01. The van der Waals surface area contributed by atoms with Gasteiger partial charge in [0.1, 0.15) is 11.4 Å². The largest absolute Gasteiger partial charge is 0.507 e. The lowest BCUT2D eigenvalue weighted by molar-refractivity contribution is -0.254. The highest BCUT2D eigenvalue weighted by molar-refractivity contribution is 5.47. The molecule has 10 heavy (non-hydrogen) atoms. The molecule has 0 saturated heterocycles. The highest BCUT2D eigenvalue weighted by Crippen LogP contribution is 2.22. The van der Waals surface area contributed by atoms with Gasteiger partial charge in [-0.1, -0.05) is 0 Å². The molecule has 0 heterocycles. The van der Waals surface area contributed by atoms with Gasteiger partial charge in [0, 0.05) is 12.1 Å². The number of rotatable bonds is 0. The smallest absolute Gasteiger partial charge is 0.128 e. The number of benzene rings is 1. The zero-order chi connectivity index (χ0) is 7.72. The van der Waals surface area contributed by atoms with Crippen LogP contribution in [0.15, 0.2) is 12.1 Å². The van der Waals surface area contributed by atoms with Crippen LogP contribution in [0, 0.1) is 13.8 Å². The molecule has 0 spiro atoms. The van der Waals surface area contributed by atoms with Gasteiger partial charge in [0.25, 0.3) is 0 Å². The van der Waals surface area contributed by atoms with Crippen molar-refractivity contribution in [1.29, 1.82) is 0 Å². The van der Waals surface area contributed by atoms with E-state index >= 15 is 0 Å². The fraction of sp³-hybridized carbons (Fsp3) is 0.250. The van der Waals surface area contributed by atoms with Gasteiger partial charge in [-0.3, -0.25) is 0 Å². The Balaban J connectivity index is 3.31. The fourth-order valence-electron chi connectivity index (χ4n) is 1.05. The Bertz CT molecular complexity index is 232. The molecule has 0 aliphatic carbocycles. The summed E-state index contributed by atoms with van der Waals surface area (Å²) in [6.45, 7) is 3.74. The Kier molecular flexibility index (Phi) is 1.64. The molecular weight excluding hydrogens is 126 g/mol. The minimum atomic E-state index is 0.382. The molecule has 0 fully saturated rings. The molecule has 2 heteroatoms. The van der Waals surface area contributed by atoms with Crippen molar-refractivity contribution in [3.8, 4) is 5.75 Å². The van der Waals surface area contributed by atoms with Gasteiger partial charge in [-0.2, -0.15) is 0 Å². The lowest BCUT2D eigenvalue weighted by Gasteiger charge is -2.00. The van der Waals surface area contributed by atoms with Crippen LogP contribution in [0.25, 0.3) is 0 Å². The van der Waals surface area contributed by atoms with E-state index in [2.05, 4.69) is 5.73 Å². The SMILES string of the molecule is Cc1cc([NH3+])cc(C)c1O. The summed E-state index contributed by atoms with van der Waals surface area (Å²) in [6.07, 6.45) is 0. The number of quaternary nitrogens is 1. The molecule has 0 bridgehead atoms. The molecule has 0 saturated carbocycles. The molecule has 0 unspecified atom stereocenters. The first-order chi connectivity index (χ1) is 4.61. The Morgan fingerprint density at radius 1 is 1.20 bits per heavy atom. The molecule has 4 N–H and O–H groups in total. The van der Waals surface area contributed by atoms with Crippen LogP contribution in [0.1, 0.15) is 11.1 Å². The quantitative estimate of drug-likeness (QED) is 0.549. The average molecular weight is 138 g/mol. The van der Waals surface area contributed by atoms with E-state index in [0.717, 1.165) is 16.8 Å². The molecule has 0 aromatic heterocycles. The first-order valence-corrected chi connectivity index (χ1v) is 3.23. The topological polar surface area (TPSA) is 47.9 Å². The van der Waals surface area contributed by atoms with E-state index in [0.29, 0.717) is 5.75 Å². The Morgan fingerprint density at radius 3 is 2.00 bits per heavy atom. The molecule has 0 radical (unpaired) electrons. The Labute approximate surface area is 60.3 Å². The van der Waals surface area contributed by atoms with Crippen molar-refractivity contribution in [2.75, 3.05) is 0 Å².